The summed E-state index contributed by atoms with van der Waals surface area (Å²) in [4.78, 5) is 0. The fourth-order valence-corrected chi connectivity index (χ4v) is 2.08. The summed E-state index contributed by atoms with van der Waals surface area (Å²) in [7, 11) is 0. The van der Waals surface area contributed by atoms with E-state index in [0.717, 1.165) is 11.3 Å². The molecule has 0 atom stereocenters. The number of nitrogens with one attached hydrogen (secondary N) is 2. The molecular weight excluding hydrogens is 276 g/mol. The monoisotopic (exact) mass is 295 g/mol. The Morgan fingerprint density at radius 1 is 1.33 bits per heavy atom. The molecule has 0 saturated carbocycles. The minimum absolute atomic E-state index is 0.0579. The summed E-state index contributed by atoms with van der Waals surface area (Å²) in [6.07, 6.45) is 1.84. The predicted octanol–water partition coefficient (Wildman–Crippen LogP) is 3.92. The third-order valence-corrected chi connectivity index (χ3v) is 2.97. The van der Waals surface area contributed by atoms with Crippen molar-refractivity contribution < 1.29 is 13.5 Å². The molecule has 0 fully saturated rings. The number of anilines is 1. The van der Waals surface area contributed by atoms with Crippen molar-refractivity contribution in [2.45, 2.75) is 39.3 Å². The molecule has 4 nitrogen and oxygen atoms in total. The lowest BCUT2D eigenvalue weighted by Gasteiger charge is -2.18. The number of nitrogens with zero attached hydrogens (tertiary/aromatic N) is 1. The summed E-state index contributed by atoms with van der Waals surface area (Å²) in [5.41, 5.74) is 2.68. The predicted molar refractivity (Wildman–Crippen MR) is 77.7 cm³/mol. The van der Waals surface area contributed by atoms with Gasteiger partial charge in [-0.15, -0.1) is 0 Å². The van der Waals surface area contributed by atoms with Crippen LogP contribution in [0.5, 0.6) is 5.75 Å². The van der Waals surface area contributed by atoms with Gasteiger partial charge >= 0.3 is 6.61 Å². The number of benzene rings is 1. The molecule has 6 heteroatoms. The first-order valence-corrected chi connectivity index (χ1v) is 6.68. The van der Waals surface area contributed by atoms with Gasteiger partial charge in [0.15, 0.2) is 0 Å². The van der Waals surface area contributed by atoms with Crippen molar-refractivity contribution in [1.29, 1.82) is 0 Å². The molecule has 0 aliphatic carbocycles. The normalized spacial score (nSPS) is 11.7. The van der Waals surface area contributed by atoms with E-state index in [0.29, 0.717) is 12.2 Å². The lowest BCUT2D eigenvalue weighted by atomic mass is 9.89. The minimum Gasteiger partial charge on any atom is -0.435 e. The number of halogens is 2. The van der Waals surface area contributed by atoms with Gasteiger partial charge in [0.2, 0.25) is 0 Å². The Labute approximate surface area is 122 Å². The molecule has 1 heterocycles. The average molecular weight is 295 g/mol. The summed E-state index contributed by atoms with van der Waals surface area (Å²) in [6, 6.07) is 6.51. The second-order valence-electron chi connectivity index (χ2n) is 5.77. The van der Waals surface area contributed by atoms with Gasteiger partial charge in [0.25, 0.3) is 0 Å². The van der Waals surface area contributed by atoms with Gasteiger partial charge in [0.05, 0.1) is 5.69 Å². The fraction of sp³-hybridized carbons (Fsp3) is 0.400. The third kappa shape index (κ3) is 4.18. The van der Waals surface area contributed by atoms with Crippen molar-refractivity contribution in [2.24, 2.45) is 0 Å². The second kappa shape index (κ2) is 6.11. The van der Waals surface area contributed by atoms with Gasteiger partial charge in [-0.1, -0.05) is 26.8 Å². The van der Waals surface area contributed by atoms with Crippen LogP contribution in [0.25, 0.3) is 0 Å². The molecule has 2 rings (SSSR count). The number of aromatic nitrogens is 2. The van der Waals surface area contributed by atoms with Crippen molar-refractivity contribution in [3.8, 4) is 5.75 Å². The highest BCUT2D eigenvalue weighted by molar-refractivity contribution is 5.48. The van der Waals surface area contributed by atoms with Crippen LogP contribution < -0.4 is 10.1 Å². The van der Waals surface area contributed by atoms with E-state index < -0.39 is 6.61 Å². The standard InChI is InChI=1S/C15H19F2N3O/c1-15(2,3)13-10(9-19-20-13)8-18-11-5-4-6-12(7-11)21-14(16)17/h4-7,9,14,18H,8H2,1-3H3,(H,19,20). The van der Waals surface area contributed by atoms with Crippen LogP contribution in [0.2, 0.25) is 0 Å². The summed E-state index contributed by atoms with van der Waals surface area (Å²) in [5, 5.41) is 10.3. The number of aromatic amines is 1. The highest BCUT2D eigenvalue weighted by Crippen LogP contribution is 2.25. The molecule has 0 bridgehead atoms. The molecule has 0 amide bonds. The van der Waals surface area contributed by atoms with Crippen LogP contribution in [-0.2, 0) is 12.0 Å². The van der Waals surface area contributed by atoms with Crippen LogP contribution >= 0.6 is 0 Å². The van der Waals surface area contributed by atoms with E-state index in [9.17, 15) is 8.78 Å². The zero-order valence-corrected chi connectivity index (χ0v) is 12.3. The molecule has 2 aromatic rings. The molecule has 21 heavy (non-hydrogen) atoms. The van der Waals surface area contributed by atoms with Crippen molar-refractivity contribution >= 4 is 5.69 Å². The van der Waals surface area contributed by atoms with Crippen molar-refractivity contribution in [3.05, 3.63) is 41.7 Å². The topological polar surface area (TPSA) is 49.9 Å². The lowest BCUT2D eigenvalue weighted by Crippen LogP contribution is -2.15. The van der Waals surface area contributed by atoms with Crippen LogP contribution in [0.1, 0.15) is 32.0 Å². The Balaban J connectivity index is 2.05. The van der Waals surface area contributed by atoms with Crippen LogP contribution in [0.4, 0.5) is 14.5 Å². The quantitative estimate of drug-likeness (QED) is 0.879. The van der Waals surface area contributed by atoms with E-state index >= 15 is 0 Å². The van der Waals surface area contributed by atoms with Gasteiger partial charge in [-0.3, -0.25) is 5.10 Å². The number of alkyl halides is 2. The SMILES string of the molecule is CC(C)(C)c1n[nH]cc1CNc1cccc(OC(F)F)c1. The first-order valence-electron chi connectivity index (χ1n) is 6.68. The Morgan fingerprint density at radius 2 is 2.10 bits per heavy atom. The Morgan fingerprint density at radius 3 is 2.76 bits per heavy atom. The molecule has 0 unspecified atom stereocenters. The van der Waals surface area contributed by atoms with E-state index in [1.807, 2.05) is 6.20 Å². The smallest absolute Gasteiger partial charge is 0.387 e. The van der Waals surface area contributed by atoms with Gasteiger partial charge in [0, 0.05) is 35.5 Å². The summed E-state index contributed by atoms with van der Waals surface area (Å²) in [6.45, 7) is 4.00. The highest BCUT2D eigenvalue weighted by Gasteiger charge is 2.20. The summed E-state index contributed by atoms with van der Waals surface area (Å²) < 4.78 is 28.8. The minimum atomic E-state index is -2.82. The molecule has 114 valence electrons. The summed E-state index contributed by atoms with van der Waals surface area (Å²) >= 11 is 0. The number of H-pyrrole nitrogens is 1. The van der Waals surface area contributed by atoms with Gasteiger partial charge in [0.1, 0.15) is 5.75 Å². The van der Waals surface area contributed by atoms with E-state index in [1.165, 1.54) is 6.07 Å². The van der Waals surface area contributed by atoms with E-state index in [1.54, 1.807) is 18.2 Å². The maximum atomic E-state index is 12.2. The Bertz CT molecular complexity index is 591. The summed E-state index contributed by atoms with van der Waals surface area (Å²) in [5.74, 6) is 0.137. The molecule has 1 aromatic carbocycles. The molecule has 0 aliphatic heterocycles. The Kier molecular flexibility index (Phi) is 4.45. The van der Waals surface area contributed by atoms with Crippen LogP contribution in [-0.4, -0.2) is 16.8 Å². The molecule has 0 saturated heterocycles. The van der Waals surface area contributed by atoms with Crippen molar-refractivity contribution in [3.63, 3.8) is 0 Å². The molecule has 1 aromatic heterocycles. The van der Waals surface area contributed by atoms with Crippen LogP contribution in [0.3, 0.4) is 0 Å². The maximum absolute atomic E-state index is 12.2. The highest BCUT2D eigenvalue weighted by atomic mass is 19.3. The molecular formula is C15H19F2N3O. The van der Waals surface area contributed by atoms with E-state index in [4.69, 9.17) is 0 Å². The largest absolute Gasteiger partial charge is 0.435 e. The van der Waals surface area contributed by atoms with Gasteiger partial charge in [-0.2, -0.15) is 13.9 Å². The zero-order valence-electron chi connectivity index (χ0n) is 12.3. The van der Waals surface area contributed by atoms with Gasteiger partial charge in [-0.05, 0) is 12.1 Å². The van der Waals surface area contributed by atoms with E-state index in [2.05, 4.69) is 41.0 Å². The van der Waals surface area contributed by atoms with Gasteiger partial charge in [-0.25, -0.2) is 0 Å². The average Bonchev–Trinajstić information content (AvgIpc) is 2.84. The maximum Gasteiger partial charge on any atom is 0.387 e. The zero-order chi connectivity index (χ0) is 15.5. The number of ether oxygens (including phenoxy) is 1. The molecule has 2 N–H and O–H groups in total. The van der Waals surface area contributed by atoms with Crippen molar-refractivity contribution in [2.75, 3.05) is 5.32 Å². The first kappa shape index (κ1) is 15.3. The molecule has 0 spiro atoms. The lowest BCUT2D eigenvalue weighted by molar-refractivity contribution is -0.0498. The number of hydrogen-bond acceptors (Lipinski definition) is 3. The third-order valence-electron chi connectivity index (χ3n) is 2.97. The fourth-order valence-electron chi connectivity index (χ4n) is 2.08. The Hall–Kier alpha value is -2.11. The van der Waals surface area contributed by atoms with Crippen LogP contribution in [0, 0.1) is 0 Å². The second-order valence-corrected chi connectivity index (χ2v) is 5.77. The van der Waals surface area contributed by atoms with Gasteiger partial charge < -0.3 is 10.1 Å². The number of rotatable bonds is 5. The molecule has 0 radical (unpaired) electrons. The van der Waals surface area contributed by atoms with E-state index in [-0.39, 0.29) is 11.2 Å². The molecule has 0 aliphatic rings. The number of hydrogen-bond donors (Lipinski definition) is 2. The van der Waals surface area contributed by atoms with Crippen LogP contribution in [0.15, 0.2) is 30.5 Å². The first-order chi connectivity index (χ1) is 9.86. The van der Waals surface area contributed by atoms with Crippen molar-refractivity contribution in [1.82, 2.24) is 10.2 Å².